The number of hydrogen-bond donors (Lipinski definition) is 1. The predicted molar refractivity (Wildman–Crippen MR) is 91.9 cm³/mol. The second-order valence-corrected chi connectivity index (χ2v) is 5.51. The van der Waals surface area contributed by atoms with Gasteiger partial charge in [-0.3, -0.25) is 9.55 Å². The monoisotopic (exact) mass is 294 g/mol. The predicted octanol–water partition coefficient (Wildman–Crippen LogP) is 4.03. The van der Waals surface area contributed by atoms with E-state index in [1.807, 2.05) is 13.8 Å². The van der Waals surface area contributed by atoms with Crippen LogP contribution in [0, 0.1) is 13.8 Å². The molecule has 0 radical (unpaired) electrons. The highest BCUT2D eigenvalue weighted by Gasteiger charge is 2.14. The summed E-state index contributed by atoms with van der Waals surface area (Å²) in [4.78, 5) is 9.33. The van der Waals surface area contributed by atoms with Crippen LogP contribution in [0.5, 0.6) is 0 Å². The van der Waals surface area contributed by atoms with Gasteiger partial charge in [0, 0.05) is 30.0 Å². The highest BCUT2D eigenvalue weighted by atomic mass is 15.1. The Balaban J connectivity index is 2.20. The molecule has 3 aromatic rings. The van der Waals surface area contributed by atoms with Gasteiger partial charge < -0.3 is 5.32 Å². The Bertz CT molecular complexity index is 800. The molecule has 0 saturated carbocycles. The first-order valence-electron chi connectivity index (χ1n) is 7.84. The minimum absolute atomic E-state index is 0.891. The van der Waals surface area contributed by atoms with Gasteiger partial charge in [0.15, 0.2) is 0 Å². The molecule has 0 bridgehead atoms. The number of nitrogens with zero attached hydrogens (tertiary/aromatic N) is 3. The number of benzene rings is 1. The molecule has 2 aromatic heterocycles. The number of imidazole rings is 1. The maximum Gasteiger partial charge on any atom is 0.114 e. The van der Waals surface area contributed by atoms with Crippen LogP contribution in [0.15, 0.2) is 30.3 Å². The van der Waals surface area contributed by atoms with Gasteiger partial charge in [-0.2, -0.15) is 0 Å². The molecular formula is C18H22N4. The van der Waals surface area contributed by atoms with Crippen LogP contribution < -0.4 is 5.32 Å². The van der Waals surface area contributed by atoms with E-state index in [1.165, 1.54) is 0 Å². The van der Waals surface area contributed by atoms with Crippen molar-refractivity contribution in [1.82, 2.24) is 14.5 Å². The van der Waals surface area contributed by atoms with Gasteiger partial charge in [0.25, 0.3) is 0 Å². The molecule has 0 amide bonds. The van der Waals surface area contributed by atoms with Crippen LogP contribution in [0.3, 0.4) is 0 Å². The summed E-state index contributed by atoms with van der Waals surface area (Å²) in [5.41, 5.74) is 6.44. The van der Waals surface area contributed by atoms with E-state index in [4.69, 9.17) is 4.98 Å². The van der Waals surface area contributed by atoms with Crippen molar-refractivity contribution in [3.05, 3.63) is 47.5 Å². The lowest BCUT2D eigenvalue weighted by Crippen LogP contribution is -2.01. The summed E-state index contributed by atoms with van der Waals surface area (Å²) in [5.74, 6) is 1.07. The van der Waals surface area contributed by atoms with Gasteiger partial charge in [-0.15, -0.1) is 0 Å². The topological polar surface area (TPSA) is 42.7 Å². The number of aromatic nitrogens is 3. The standard InChI is InChI=1S/C18H22N4/c1-5-17-21-18-13(4)20-12(3)11-16(18)22(17)15-9-7-14(8-10-15)19-6-2/h7-11,19H,5-6H2,1-4H3. The molecule has 0 spiro atoms. The fraction of sp³-hybridized carbons (Fsp3) is 0.333. The van der Waals surface area contributed by atoms with E-state index in [-0.39, 0.29) is 0 Å². The molecule has 2 heterocycles. The first-order valence-corrected chi connectivity index (χ1v) is 7.84. The van der Waals surface area contributed by atoms with Crippen molar-refractivity contribution in [2.75, 3.05) is 11.9 Å². The Kier molecular flexibility index (Phi) is 3.84. The van der Waals surface area contributed by atoms with Crippen molar-refractivity contribution in [2.24, 2.45) is 0 Å². The van der Waals surface area contributed by atoms with Crippen LogP contribution in [0.1, 0.15) is 31.1 Å². The molecule has 0 aliphatic carbocycles. The largest absolute Gasteiger partial charge is 0.385 e. The number of rotatable bonds is 4. The van der Waals surface area contributed by atoms with E-state index in [0.29, 0.717) is 0 Å². The van der Waals surface area contributed by atoms with E-state index in [1.54, 1.807) is 0 Å². The van der Waals surface area contributed by atoms with E-state index < -0.39 is 0 Å². The molecule has 22 heavy (non-hydrogen) atoms. The number of aryl methyl sites for hydroxylation is 3. The SMILES string of the molecule is CCNc1ccc(-n2c(CC)nc3c(C)nc(C)cc32)cc1. The van der Waals surface area contributed by atoms with Crippen LogP contribution in [-0.4, -0.2) is 21.1 Å². The number of anilines is 1. The van der Waals surface area contributed by atoms with E-state index >= 15 is 0 Å². The zero-order valence-electron chi connectivity index (χ0n) is 13.6. The lowest BCUT2D eigenvalue weighted by atomic mass is 10.2. The molecule has 0 atom stereocenters. The summed E-state index contributed by atoms with van der Waals surface area (Å²) < 4.78 is 2.24. The molecule has 0 unspecified atom stereocenters. The molecule has 0 aliphatic rings. The van der Waals surface area contributed by atoms with Crippen molar-refractivity contribution in [3.63, 3.8) is 0 Å². The Morgan fingerprint density at radius 1 is 1.05 bits per heavy atom. The summed E-state index contributed by atoms with van der Waals surface area (Å²) in [6.45, 7) is 9.23. The Labute approximate surface area is 131 Å². The molecule has 114 valence electrons. The molecule has 0 fully saturated rings. The summed E-state index contributed by atoms with van der Waals surface area (Å²) in [6, 6.07) is 10.6. The fourth-order valence-corrected chi connectivity index (χ4v) is 2.89. The van der Waals surface area contributed by atoms with Crippen molar-refractivity contribution in [3.8, 4) is 5.69 Å². The minimum Gasteiger partial charge on any atom is -0.385 e. The average molecular weight is 294 g/mol. The smallest absolute Gasteiger partial charge is 0.114 e. The zero-order valence-corrected chi connectivity index (χ0v) is 13.6. The quantitative estimate of drug-likeness (QED) is 0.790. The molecule has 0 aliphatic heterocycles. The summed E-state index contributed by atoms with van der Waals surface area (Å²) in [5, 5.41) is 3.33. The lowest BCUT2D eigenvalue weighted by Gasteiger charge is -2.10. The molecular weight excluding hydrogens is 272 g/mol. The summed E-state index contributed by atoms with van der Waals surface area (Å²) >= 11 is 0. The number of pyridine rings is 1. The third-order valence-corrected chi connectivity index (χ3v) is 3.84. The molecule has 0 saturated heterocycles. The highest BCUT2D eigenvalue weighted by Crippen LogP contribution is 2.25. The number of fused-ring (bicyclic) bond motifs is 1. The summed E-state index contributed by atoms with van der Waals surface area (Å²) in [6.07, 6.45) is 0.891. The summed E-state index contributed by atoms with van der Waals surface area (Å²) in [7, 11) is 0. The highest BCUT2D eigenvalue weighted by molar-refractivity contribution is 5.80. The Morgan fingerprint density at radius 3 is 2.41 bits per heavy atom. The van der Waals surface area contributed by atoms with Gasteiger partial charge in [-0.1, -0.05) is 6.92 Å². The number of nitrogens with one attached hydrogen (secondary N) is 1. The van der Waals surface area contributed by atoms with E-state index in [0.717, 1.165) is 52.6 Å². The van der Waals surface area contributed by atoms with Crippen LogP contribution in [0.2, 0.25) is 0 Å². The second-order valence-electron chi connectivity index (χ2n) is 5.51. The Hall–Kier alpha value is -2.36. The van der Waals surface area contributed by atoms with Crippen molar-refractivity contribution in [2.45, 2.75) is 34.1 Å². The van der Waals surface area contributed by atoms with Crippen LogP contribution in [0.25, 0.3) is 16.7 Å². The third-order valence-electron chi connectivity index (χ3n) is 3.84. The van der Waals surface area contributed by atoms with Crippen molar-refractivity contribution in [1.29, 1.82) is 0 Å². The molecule has 1 aromatic carbocycles. The second kappa shape index (κ2) is 5.79. The number of hydrogen-bond acceptors (Lipinski definition) is 3. The maximum atomic E-state index is 4.79. The van der Waals surface area contributed by atoms with Gasteiger partial charge in [-0.05, 0) is 51.1 Å². The molecule has 1 N–H and O–H groups in total. The average Bonchev–Trinajstić information content (AvgIpc) is 2.87. The fourth-order valence-electron chi connectivity index (χ4n) is 2.89. The normalized spacial score (nSPS) is 11.1. The van der Waals surface area contributed by atoms with E-state index in [9.17, 15) is 0 Å². The lowest BCUT2D eigenvalue weighted by molar-refractivity contribution is 0.908. The Morgan fingerprint density at radius 2 is 1.77 bits per heavy atom. The van der Waals surface area contributed by atoms with Gasteiger partial charge in [0.1, 0.15) is 11.3 Å². The zero-order chi connectivity index (χ0) is 15.7. The van der Waals surface area contributed by atoms with Crippen molar-refractivity contribution < 1.29 is 0 Å². The first kappa shape index (κ1) is 14.6. The molecule has 4 heteroatoms. The van der Waals surface area contributed by atoms with Gasteiger partial charge in [-0.25, -0.2) is 4.98 Å². The van der Waals surface area contributed by atoms with Crippen LogP contribution >= 0.6 is 0 Å². The molecule has 3 rings (SSSR count). The van der Waals surface area contributed by atoms with Crippen molar-refractivity contribution >= 4 is 16.7 Å². The van der Waals surface area contributed by atoms with Gasteiger partial charge in [0.05, 0.1) is 11.2 Å². The van der Waals surface area contributed by atoms with Crippen LogP contribution in [-0.2, 0) is 6.42 Å². The first-order chi connectivity index (χ1) is 10.6. The minimum atomic E-state index is 0.891. The van der Waals surface area contributed by atoms with Gasteiger partial charge in [0.2, 0.25) is 0 Å². The van der Waals surface area contributed by atoms with E-state index in [2.05, 4.69) is 59.0 Å². The third kappa shape index (κ3) is 2.45. The maximum absolute atomic E-state index is 4.79. The van der Waals surface area contributed by atoms with Crippen LogP contribution in [0.4, 0.5) is 5.69 Å². The van der Waals surface area contributed by atoms with Gasteiger partial charge >= 0.3 is 0 Å². The molecule has 4 nitrogen and oxygen atoms in total.